The van der Waals surface area contributed by atoms with Crippen LogP contribution < -0.4 is 0 Å². The van der Waals surface area contributed by atoms with Crippen molar-refractivity contribution < 1.29 is 17.9 Å². The van der Waals surface area contributed by atoms with Gasteiger partial charge in [-0.15, -0.1) is 11.3 Å². The van der Waals surface area contributed by atoms with Gasteiger partial charge in [0.2, 0.25) is 0 Å². The number of nitrogens with zero attached hydrogens (tertiary/aromatic N) is 2. The molecule has 0 saturated carbocycles. The molecule has 0 amide bonds. The Kier molecular flexibility index (Phi) is 7.12. The van der Waals surface area contributed by atoms with Crippen molar-refractivity contribution in [3.63, 3.8) is 0 Å². The van der Waals surface area contributed by atoms with E-state index in [0.717, 1.165) is 14.3 Å². The lowest BCUT2D eigenvalue weighted by atomic mass is 10.2. The van der Waals surface area contributed by atoms with Crippen LogP contribution in [0.15, 0.2) is 39.1 Å². The first kappa shape index (κ1) is 20.0. The normalized spacial score (nSPS) is 11.7. The average molecular weight is 447 g/mol. The number of sulfonamides is 1. The van der Waals surface area contributed by atoms with Crippen LogP contribution in [0.25, 0.3) is 10.6 Å². The van der Waals surface area contributed by atoms with Gasteiger partial charge in [-0.3, -0.25) is 4.79 Å². The second-order valence-electron chi connectivity index (χ2n) is 5.14. The number of benzene rings is 1. The molecule has 0 spiro atoms. The number of carbonyl (C=O) groups excluding carboxylic acids is 1. The third kappa shape index (κ3) is 5.10. The molecular formula is C16H19BrN2O4S2. The zero-order valence-electron chi connectivity index (χ0n) is 13.9. The molecule has 136 valence electrons. The third-order valence-electron chi connectivity index (χ3n) is 3.26. The summed E-state index contributed by atoms with van der Waals surface area (Å²) in [5.74, 6) is -0.567. The first-order valence-electron chi connectivity index (χ1n) is 7.75. The van der Waals surface area contributed by atoms with Crippen molar-refractivity contribution in [2.45, 2.75) is 25.3 Å². The van der Waals surface area contributed by atoms with Gasteiger partial charge < -0.3 is 4.74 Å². The Balaban J connectivity index is 2.27. The van der Waals surface area contributed by atoms with E-state index in [1.54, 1.807) is 6.92 Å². The van der Waals surface area contributed by atoms with E-state index in [9.17, 15) is 13.2 Å². The smallest absolute Gasteiger partial charge is 0.321 e. The highest BCUT2D eigenvalue weighted by atomic mass is 79.9. The molecule has 0 fully saturated rings. The highest BCUT2D eigenvalue weighted by Gasteiger charge is 2.29. The highest BCUT2D eigenvalue weighted by Crippen LogP contribution is 2.28. The lowest BCUT2D eigenvalue weighted by Crippen LogP contribution is -2.37. The Labute approximate surface area is 160 Å². The maximum absolute atomic E-state index is 12.8. The minimum absolute atomic E-state index is 0.0480. The van der Waals surface area contributed by atoms with Gasteiger partial charge in [-0.05, 0) is 25.5 Å². The number of rotatable bonds is 8. The first-order chi connectivity index (χ1) is 11.9. The fourth-order valence-electron chi connectivity index (χ4n) is 2.12. The van der Waals surface area contributed by atoms with Gasteiger partial charge in [-0.25, -0.2) is 13.4 Å². The molecule has 25 heavy (non-hydrogen) atoms. The fraction of sp³-hybridized carbons (Fsp3) is 0.375. The predicted molar refractivity (Wildman–Crippen MR) is 101 cm³/mol. The van der Waals surface area contributed by atoms with Gasteiger partial charge in [0.25, 0.3) is 10.0 Å². The Hall–Kier alpha value is -1.29. The number of thiazole rings is 1. The van der Waals surface area contributed by atoms with Crippen molar-refractivity contribution in [1.82, 2.24) is 9.29 Å². The molecule has 2 rings (SSSR count). The van der Waals surface area contributed by atoms with Crippen LogP contribution >= 0.6 is 27.3 Å². The van der Waals surface area contributed by atoms with Crippen molar-refractivity contribution in [1.29, 1.82) is 0 Å². The molecule has 0 aliphatic heterocycles. The van der Waals surface area contributed by atoms with Crippen LogP contribution in [-0.4, -0.2) is 43.4 Å². The molecule has 6 nitrogen and oxygen atoms in total. The van der Waals surface area contributed by atoms with E-state index >= 15 is 0 Å². The molecule has 0 unspecified atom stereocenters. The largest absolute Gasteiger partial charge is 0.465 e. The monoisotopic (exact) mass is 446 g/mol. The van der Waals surface area contributed by atoms with Crippen molar-refractivity contribution in [2.75, 3.05) is 19.7 Å². The molecule has 0 bridgehead atoms. The number of carbonyl (C=O) groups is 1. The van der Waals surface area contributed by atoms with Gasteiger partial charge in [0.1, 0.15) is 11.6 Å². The summed E-state index contributed by atoms with van der Waals surface area (Å²) in [6, 6.07) is 7.47. The third-order valence-corrected chi connectivity index (χ3v) is 6.56. The molecule has 0 aliphatic rings. The summed E-state index contributed by atoms with van der Waals surface area (Å²) < 4.78 is 32.6. The molecule has 1 heterocycles. The Bertz CT molecular complexity index is 819. The van der Waals surface area contributed by atoms with E-state index in [1.165, 1.54) is 16.7 Å². The maximum Gasteiger partial charge on any atom is 0.321 e. The van der Waals surface area contributed by atoms with Crippen molar-refractivity contribution in [2.24, 2.45) is 0 Å². The van der Waals surface area contributed by atoms with Crippen LogP contribution in [-0.2, 0) is 19.6 Å². The molecule has 2 aromatic rings. The Morgan fingerprint density at radius 2 is 1.96 bits per heavy atom. The maximum atomic E-state index is 12.8. The molecular weight excluding hydrogens is 428 g/mol. The SMILES string of the molecule is CCCN(CC(=O)OCC)S(=O)(=O)c1csc(-c2ccc(Br)cc2)n1. The van der Waals surface area contributed by atoms with E-state index < -0.39 is 16.0 Å². The van der Waals surface area contributed by atoms with Gasteiger partial charge in [0.05, 0.1) is 6.61 Å². The topological polar surface area (TPSA) is 76.6 Å². The van der Waals surface area contributed by atoms with Crippen LogP contribution in [0.2, 0.25) is 0 Å². The zero-order valence-corrected chi connectivity index (χ0v) is 17.2. The average Bonchev–Trinajstić information content (AvgIpc) is 3.06. The van der Waals surface area contributed by atoms with Gasteiger partial charge in [0.15, 0.2) is 5.03 Å². The van der Waals surface area contributed by atoms with E-state index in [4.69, 9.17) is 4.74 Å². The summed E-state index contributed by atoms with van der Waals surface area (Å²) in [6.07, 6.45) is 0.586. The van der Waals surface area contributed by atoms with E-state index in [-0.39, 0.29) is 24.7 Å². The Morgan fingerprint density at radius 1 is 1.28 bits per heavy atom. The van der Waals surface area contributed by atoms with Gasteiger partial charge in [-0.1, -0.05) is 35.0 Å². The lowest BCUT2D eigenvalue weighted by molar-refractivity contribution is -0.143. The molecule has 1 aromatic heterocycles. The summed E-state index contributed by atoms with van der Waals surface area (Å²) in [6.45, 7) is 3.66. The highest BCUT2D eigenvalue weighted by molar-refractivity contribution is 9.10. The van der Waals surface area contributed by atoms with E-state index in [1.807, 2.05) is 31.2 Å². The van der Waals surface area contributed by atoms with Crippen LogP contribution in [0, 0.1) is 0 Å². The summed E-state index contributed by atoms with van der Waals surface area (Å²) in [5, 5.41) is 2.06. The molecule has 1 aromatic carbocycles. The molecule has 0 atom stereocenters. The van der Waals surface area contributed by atoms with Crippen molar-refractivity contribution in [3.05, 3.63) is 34.1 Å². The van der Waals surface area contributed by atoms with Crippen LogP contribution in [0.1, 0.15) is 20.3 Å². The Morgan fingerprint density at radius 3 is 2.56 bits per heavy atom. The number of hydrogen-bond acceptors (Lipinski definition) is 6. The molecule has 0 radical (unpaired) electrons. The van der Waals surface area contributed by atoms with Crippen LogP contribution in [0.4, 0.5) is 0 Å². The minimum atomic E-state index is -3.85. The fourth-order valence-corrected chi connectivity index (χ4v) is 4.93. The summed E-state index contributed by atoms with van der Waals surface area (Å²) in [5.41, 5.74) is 0.835. The zero-order chi connectivity index (χ0) is 18.4. The number of aromatic nitrogens is 1. The second kappa shape index (κ2) is 8.88. The first-order valence-corrected chi connectivity index (χ1v) is 10.9. The lowest BCUT2D eigenvalue weighted by Gasteiger charge is -2.19. The van der Waals surface area contributed by atoms with Gasteiger partial charge >= 0.3 is 5.97 Å². The van der Waals surface area contributed by atoms with Crippen LogP contribution in [0.3, 0.4) is 0 Å². The molecule has 0 aliphatic carbocycles. The summed E-state index contributed by atoms with van der Waals surface area (Å²) in [7, 11) is -3.85. The van der Waals surface area contributed by atoms with Crippen molar-refractivity contribution >= 4 is 43.3 Å². The summed E-state index contributed by atoms with van der Waals surface area (Å²) >= 11 is 4.62. The number of ether oxygens (including phenoxy) is 1. The predicted octanol–water partition coefficient (Wildman–Crippen LogP) is 3.54. The number of esters is 1. The second-order valence-corrected chi connectivity index (χ2v) is 8.80. The minimum Gasteiger partial charge on any atom is -0.465 e. The van der Waals surface area contributed by atoms with Crippen molar-refractivity contribution in [3.8, 4) is 10.6 Å². The molecule has 9 heteroatoms. The van der Waals surface area contributed by atoms with Gasteiger partial charge in [-0.2, -0.15) is 4.31 Å². The standard InChI is InChI=1S/C16H19BrN2O4S2/c1-3-9-19(10-15(20)23-4-2)25(21,22)14-11-24-16(18-14)12-5-7-13(17)8-6-12/h5-8,11H,3-4,9-10H2,1-2H3. The number of hydrogen-bond donors (Lipinski definition) is 0. The number of halogens is 1. The van der Waals surface area contributed by atoms with Gasteiger partial charge in [0, 0.05) is 22.0 Å². The molecule has 0 N–H and O–H groups in total. The molecule has 0 saturated heterocycles. The summed E-state index contributed by atoms with van der Waals surface area (Å²) in [4.78, 5) is 16.0. The van der Waals surface area contributed by atoms with E-state index in [0.29, 0.717) is 11.4 Å². The van der Waals surface area contributed by atoms with Crippen LogP contribution in [0.5, 0.6) is 0 Å². The van der Waals surface area contributed by atoms with E-state index in [2.05, 4.69) is 20.9 Å². The quantitative estimate of drug-likeness (QED) is 0.579.